The molecule has 2 aromatic carbocycles. The third kappa shape index (κ3) is 8.35. The first-order chi connectivity index (χ1) is 26.6. The number of H-pyrrole nitrogens is 1. The maximum atomic E-state index is 14.4. The predicted molar refractivity (Wildman–Crippen MR) is 208 cm³/mol. The van der Waals surface area contributed by atoms with Crippen molar-refractivity contribution in [2.45, 2.75) is 102 Å². The number of benzene rings is 2. The van der Waals surface area contributed by atoms with E-state index in [-0.39, 0.29) is 36.8 Å². The Balaban J connectivity index is 1.27. The van der Waals surface area contributed by atoms with Gasteiger partial charge in [0, 0.05) is 47.8 Å². The van der Waals surface area contributed by atoms with Gasteiger partial charge in [-0.15, -0.1) is 0 Å². The number of hydrogen-bond acceptors (Lipinski definition) is 10. The van der Waals surface area contributed by atoms with E-state index in [0.717, 1.165) is 28.5 Å². The zero-order valence-corrected chi connectivity index (χ0v) is 32.5. The first-order valence-electron chi connectivity index (χ1n) is 19.2. The average Bonchev–Trinajstić information content (AvgIpc) is 3.57. The Kier molecular flexibility index (Phi) is 12.0. The summed E-state index contributed by atoms with van der Waals surface area (Å²) < 4.78 is 12.0. The molecule has 2 aromatic heterocycles. The second-order valence-corrected chi connectivity index (χ2v) is 16.2. The molecule has 3 unspecified atom stereocenters. The molecule has 4 aromatic rings. The molecule has 3 aliphatic carbocycles. The molecule has 0 aliphatic heterocycles. The monoisotopic (exact) mass is 766 g/mol. The molecule has 0 saturated heterocycles. The van der Waals surface area contributed by atoms with Gasteiger partial charge in [0.15, 0.2) is 0 Å². The number of aromatic amines is 1. The van der Waals surface area contributed by atoms with Crippen molar-refractivity contribution < 1.29 is 38.6 Å². The van der Waals surface area contributed by atoms with Crippen LogP contribution < -0.4 is 16.0 Å². The summed E-state index contributed by atoms with van der Waals surface area (Å²) in [6, 6.07) is 13.4. The summed E-state index contributed by atoms with van der Waals surface area (Å²) in [6.45, 7) is 9.53. The first kappa shape index (κ1) is 40.5. The van der Waals surface area contributed by atoms with Crippen LogP contribution in [0, 0.1) is 17.3 Å². The fourth-order valence-corrected chi connectivity index (χ4v) is 8.65. The molecule has 2 bridgehead atoms. The molecule has 3 fully saturated rings. The van der Waals surface area contributed by atoms with E-state index in [1.807, 2.05) is 82.3 Å². The van der Waals surface area contributed by atoms with Crippen LogP contribution in [0.1, 0.15) is 81.9 Å². The van der Waals surface area contributed by atoms with Gasteiger partial charge in [0.25, 0.3) is 5.91 Å². The van der Waals surface area contributed by atoms with Crippen LogP contribution in [0.15, 0.2) is 79.4 Å². The second kappa shape index (κ2) is 16.5. The number of ether oxygens (including phenoxy) is 1. The zero-order chi connectivity index (χ0) is 40.3. The molecule has 6 atom stereocenters. The number of amides is 3. The van der Waals surface area contributed by atoms with Gasteiger partial charge in [-0.25, -0.2) is 9.78 Å². The van der Waals surface area contributed by atoms with E-state index in [0.29, 0.717) is 12.8 Å². The lowest BCUT2D eigenvalue weighted by molar-refractivity contribution is -0.317. The highest BCUT2D eigenvalue weighted by atomic mass is 16.7. The quantitative estimate of drug-likeness (QED) is 0.0725. The van der Waals surface area contributed by atoms with Gasteiger partial charge in [0.1, 0.15) is 29.4 Å². The minimum absolute atomic E-state index is 0.0197. The molecule has 56 heavy (non-hydrogen) atoms. The topological polar surface area (TPSA) is 205 Å². The summed E-state index contributed by atoms with van der Waals surface area (Å²) in [5.74, 6) is -2.34. The predicted octanol–water partition coefficient (Wildman–Crippen LogP) is 3.42. The van der Waals surface area contributed by atoms with Crippen LogP contribution in [0.25, 0.3) is 10.9 Å². The van der Waals surface area contributed by atoms with Crippen LogP contribution in [0.4, 0.5) is 0 Å². The van der Waals surface area contributed by atoms with E-state index in [4.69, 9.17) is 9.39 Å². The van der Waals surface area contributed by atoms with E-state index in [1.165, 1.54) is 18.6 Å². The molecule has 7 rings (SSSR count). The molecular formula is C41H51BN6O8. The molecule has 3 aliphatic rings. The second-order valence-electron chi connectivity index (χ2n) is 16.2. The largest absolute Gasteiger partial charge is 0.634 e. The Morgan fingerprint density at radius 3 is 2.25 bits per heavy atom. The van der Waals surface area contributed by atoms with Crippen LogP contribution in [0.3, 0.4) is 0 Å². The Bertz CT molecular complexity index is 2030. The molecular weight excluding hydrogens is 715 g/mol. The Labute approximate surface area is 326 Å². The highest BCUT2D eigenvalue weighted by Gasteiger charge is 2.74. The van der Waals surface area contributed by atoms with Gasteiger partial charge in [-0.2, -0.15) is 0 Å². The van der Waals surface area contributed by atoms with Crippen LogP contribution in [0.5, 0.6) is 0 Å². The van der Waals surface area contributed by atoms with Crippen LogP contribution >= 0.6 is 0 Å². The molecule has 15 heteroatoms. The number of carbonyl (C=O) groups is 4. The molecule has 6 N–H and O–H groups in total. The standard InChI is InChI=1S/C41H51BN6O8/c1-25(2)19-33(38(52)55-41-22-28(39(41,3)4)15-16-40(41,5)56-42(53)54)48-35(49)31(20-26-11-7-6-8-12-26)46-36(50)32(47-37(51)34-24-43-17-18-44-34)21-27-23-45-30-14-10-9-13-29(27)30/h6-14,17-18,23-25,28,31-33,45,53-54H,15-16,19-22H2,1-5H3,(H,46,50)(H,47,51)(H,48,49)/t28?,31-,32-,33-,40?,41?/m0/s1. The molecule has 3 amide bonds. The van der Waals surface area contributed by atoms with Gasteiger partial charge in [0.05, 0.1) is 11.8 Å². The van der Waals surface area contributed by atoms with Gasteiger partial charge < -0.3 is 40.4 Å². The van der Waals surface area contributed by atoms with Gasteiger partial charge in [-0.05, 0) is 61.6 Å². The van der Waals surface area contributed by atoms with Crippen molar-refractivity contribution in [1.29, 1.82) is 0 Å². The number of nitrogens with one attached hydrogen (secondary N) is 4. The highest BCUT2D eigenvalue weighted by Crippen LogP contribution is 2.68. The Hall–Kier alpha value is -5.12. The maximum Gasteiger partial charge on any atom is 0.634 e. The fraction of sp³-hybridized carbons (Fsp3) is 0.463. The Morgan fingerprint density at radius 1 is 0.911 bits per heavy atom. The number of nitrogens with zero attached hydrogens (tertiary/aromatic N) is 2. The number of hydrogen-bond donors (Lipinski definition) is 6. The number of fused-ring (bicyclic) bond motifs is 3. The van der Waals surface area contributed by atoms with E-state index in [2.05, 4.69) is 30.9 Å². The highest BCUT2D eigenvalue weighted by molar-refractivity contribution is 6.32. The van der Waals surface area contributed by atoms with Crippen molar-refractivity contribution in [2.24, 2.45) is 17.3 Å². The summed E-state index contributed by atoms with van der Waals surface area (Å²) >= 11 is 0. The van der Waals surface area contributed by atoms with Gasteiger partial charge in [-0.1, -0.05) is 76.2 Å². The maximum absolute atomic E-state index is 14.4. The van der Waals surface area contributed by atoms with Crippen molar-refractivity contribution in [1.82, 2.24) is 30.9 Å². The molecule has 2 heterocycles. The number of para-hydroxylation sites is 1. The number of rotatable bonds is 16. The molecule has 14 nitrogen and oxygen atoms in total. The Morgan fingerprint density at radius 2 is 1.59 bits per heavy atom. The lowest BCUT2D eigenvalue weighted by Crippen LogP contribution is -2.78. The van der Waals surface area contributed by atoms with Crippen LogP contribution in [-0.2, 0) is 36.6 Å². The summed E-state index contributed by atoms with van der Waals surface area (Å²) in [7, 11) is -2.07. The molecule has 0 radical (unpaired) electrons. The lowest BCUT2D eigenvalue weighted by Gasteiger charge is -2.70. The zero-order valence-electron chi connectivity index (χ0n) is 32.5. The number of aromatic nitrogens is 3. The van der Waals surface area contributed by atoms with Crippen molar-refractivity contribution in [3.8, 4) is 0 Å². The van der Waals surface area contributed by atoms with Crippen molar-refractivity contribution in [2.75, 3.05) is 0 Å². The van der Waals surface area contributed by atoms with E-state index in [1.54, 1.807) is 13.1 Å². The van der Waals surface area contributed by atoms with E-state index >= 15 is 0 Å². The third-order valence-corrected chi connectivity index (χ3v) is 11.8. The molecule has 296 valence electrons. The average molecular weight is 767 g/mol. The molecule has 0 spiro atoms. The molecule has 3 saturated carbocycles. The van der Waals surface area contributed by atoms with Gasteiger partial charge in [-0.3, -0.25) is 19.4 Å². The minimum atomic E-state index is -2.07. The van der Waals surface area contributed by atoms with E-state index in [9.17, 15) is 29.2 Å². The summed E-state index contributed by atoms with van der Waals surface area (Å²) in [5.41, 5.74) is -0.510. The third-order valence-electron chi connectivity index (χ3n) is 11.8. The fourth-order valence-electron chi connectivity index (χ4n) is 8.65. The number of carbonyl (C=O) groups excluding carboxylic acids is 4. The van der Waals surface area contributed by atoms with Crippen molar-refractivity contribution in [3.63, 3.8) is 0 Å². The van der Waals surface area contributed by atoms with Crippen molar-refractivity contribution in [3.05, 3.63) is 96.2 Å². The van der Waals surface area contributed by atoms with Gasteiger partial charge in [0.2, 0.25) is 11.8 Å². The first-order valence-corrected chi connectivity index (χ1v) is 19.2. The SMILES string of the molecule is CC(C)C[C@H](NC(=O)[C@H](Cc1ccccc1)NC(=O)[C@H](Cc1c[nH]c2ccccc12)NC(=O)c1cnccn1)C(=O)OC12CC(CCC1(C)OB(O)O)C2(C)C. The van der Waals surface area contributed by atoms with Gasteiger partial charge >= 0.3 is 13.3 Å². The van der Waals surface area contributed by atoms with Crippen LogP contribution in [0.2, 0.25) is 0 Å². The number of esters is 1. The minimum Gasteiger partial charge on any atom is -0.454 e. The normalized spacial score (nSPS) is 22.6. The lowest BCUT2D eigenvalue weighted by atomic mass is 9.41. The van der Waals surface area contributed by atoms with Crippen molar-refractivity contribution >= 4 is 41.9 Å². The summed E-state index contributed by atoms with van der Waals surface area (Å²) in [5, 5.41) is 29.2. The summed E-state index contributed by atoms with van der Waals surface area (Å²) in [4.78, 5) is 67.6. The summed E-state index contributed by atoms with van der Waals surface area (Å²) in [6.07, 6.45) is 7.99. The van der Waals surface area contributed by atoms with Crippen LogP contribution in [-0.4, -0.2) is 85.3 Å². The van der Waals surface area contributed by atoms with E-state index < -0.39 is 65.8 Å². The smallest absolute Gasteiger partial charge is 0.454 e.